The maximum atomic E-state index is 14.3. The van der Waals surface area contributed by atoms with E-state index >= 15 is 0 Å². The maximum absolute atomic E-state index is 14.3. The lowest BCUT2D eigenvalue weighted by molar-refractivity contribution is -0.136. The highest BCUT2D eigenvalue weighted by molar-refractivity contribution is 6.07. The lowest BCUT2D eigenvalue weighted by Crippen LogP contribution is -2.51. The van der Waals surface area contributed by atoms with Crippen LogP contribution in [0, 0.1) is 17.8 Å². The molecule has 4 aromatic carbocycles. The number of imidazole rings is 2. The number of aromatic nitrogens is 4. The van der Waals surface area contributed by atoms with Crippen molar-refractivity contribution in [2.24, 2.45) is 17.8 Å². The van der Waals surface area contributed by atoms with Crippen molar-refractivity contribution >= 4 is 45.8 Å². The van der Waals surface area contributed by atoms with Crippen molar-refractivity contribution in [3.8, 4) is 28.1 Å². The van der Waals surface area contributed by atoms with Gasteiger partial charge in [0.15, 0.2) is 0 Å². The van der Waals surface area contributed by atoms with E-state index in [1.54, 1.807) is 36.3 Å². The van der Waals surface area contributed by atoms with Crippen LogP contribution < -0.4 is 15.4 Å². The number of methoxy groups -OCH3 is 2. The minimum Gasteiger partial charge on any atom is -0.488 e. The number of carboxylic acid groups (broad SMARTS) is 1. The first kappa shape index (κ1) is 43.3. The summed E-state index contributed by atoms with van der Waals surface area (Å²) in [7, 11) is 2.93. The van der Waals surface area contributed by atoms with E-state index in [0.717, 1.165) is 61.9 Å². The molecule has 2 saturated heterocycles. The van der Waals surface area contributed by atoms with Gasteiger partial charge in [0.25, 0.3) is 5.91 Å². The van der Waals surface area contributed by atoms with Gasteiger partial charge in [0, 0.05) is 37.1 Å². The molecular formula is C49H54N8O8. The van der Waals surface area contributed by atoms with Crippen molar-refractivity contribution in [3.63, 3.8) is 0 Å². The van der Waals surface area contributed by atoms with Gasteiger partial charge in [-0.25, -0.2) is 19.6 Å². The van der Waals surface area contributed by atoms with Crippen LogP contribution in [0.15, 0.2) is 79.0 Å². The van der Waals surface area contributed by atoms with Gasteiger partial charge in [-0.05, 0) is 76.6 Å². The van der Waals surface area contributed by atoms with Gasteiger partial charge >= 0.3 is 12.2 Å². The zero-order valence-electron chi connectivity index (χ0n) is 37.1. The van der Waals surface area contributed by atoms with Gasteiger partial charge in [-0.15, -0.1) is 0 Å². The number of benzene rings is 4. The smallest absolute Gasteiger partial charge is 0.407 e. The number of rotatable bonds is 12. The number of carbonyl (C=O) groups is 4. The fourth-order valence-corrected chi connectivity index (χ4v) is 9.89. The predicted octanol–water partition coefficient (Wildman–Crippen LogP) is 7.89. The molecule has 5 heterocycles. The number of likely N-dealkylation sites (tertiary alicyclic amines) is 2. The van der Waals surface area contributed by atoms with Crippen LogP contribution >= 0.6 is 0 Å². The van der Waals surface area contributed by atoms with Gasteiger partial charge in [0.1, 0.15) is 36.1 Å². The lowest BCUT2D eigenvalue weighted by Gasteiger charge is -2.30. The molecule has 338 valence electrons. The molecule has 5 N–H and O–H groups in total. The molecule has 6 aromatic rings. The fraction of sp³-hybridized carbons (Fsp3) is 0.388. The van der Waals surface area contributed by atoms with Crippen LogP contribution in [0.4, 0.5) is 9.59 Å². The van der Waals surface area contributed by atoms with E-state index in [0.29, 0.717) is 56.4 Å². The first-order valence-electron chi connectivity index (χ1n) is 22.2. The van der Waals surface area contributed by atoms with Gasteiger partial charge in [0.05, 0.1) is 48.7 Å². The van der Waals surface area contributed by atoms with Crippen LogP contribution in [-0.2, 0) is 25.7 Å². The van der Waals surface area contributed by atoms with Crippen molar-refractivity contribution < 1.29 is 38.5 Å². The van der Waals surface area contributed by atoms with Crippen LogP contribution in [0.1, 0.15) is 80.9 Å². The highest BCUT2D eigenvalue weighted by Gasteiger charge is 2.42. The van der Waals surface area contributed by atoms with Crippen LogP contribution in [0.25, 0.3) is 44.2 Å². The summed E-state index contributed by atoms with van der Waals surface area (Å²) in [5.41, 5.74) is 6.93. The number of ether oxygens (including phenoxy) is 3. The fourth-order valence-electron chi connectivity index (χ4n) is 9.89. The summed E-state index contributed by atoms with van der Waals surface area (Å²) in [5.74, 6) is 1.76. The SMILES string of the molecule is CC[C@@H](C)[C@H](NC(=O)OC)C(=O)N1C[C@@H](C)C[C@H]1c1ncc(-c2ccc3c(c2)COc2cc4c(ccc5nc([C@@H]6C[C@H](COC)CN6C(=O)[C@H](NC(=O)O)c6ccccc6)[nH]c54)cc2-3)[nH]1. The summed E-state index contributed by atoms with van der Waals surface area (Å²) in [4.78, 5) is 72.8. The Balaban J connectivity index is 0.979. The summed E-state index contributed by atoms with van der Waals surface area (Å²) in [6, 6.07) is 20.9. The van der Waals surface area contributed by atoms with Gasteiger partial charge in [0.2, 0.25) is 5.91 Å². The zero-order valence-corrected chi connectivity index (χ0v) is 37.1. The minimum absolute atomic E-state index is 0.0271. The standard InChI is InChI=1S/C49H54N8O8/c1-6-27(3)41(55-49(62)64-5)46(58)56-22-26(2)16-38(56)44-50-21-37(52-44)31-12-14-33-32(18-31)25-65-40-20-34-30(19-35(33)40)13-15-36-43(34)53-45(51-36)39-17-28(24-63-4)23-57(39)47(59)42(54-48(60)61)29-10-8-7-9-11-29/h7-15,18-21,26-28,38-39,41-42,54H,6,16-17,22-25H2,1-5H3,(H,50,52)(H,51,53)(H,55,62)(H,60,61)/t26-,27+,28-,38-,39-,41-,42+/m0/s1. The molecule has 65 heavy (non-hydrogen) atoms. The second-order valence-corrected chi connectivity index (χ2v) is 17.7. The first-order chi connectivity index (χ1) is 31.4. The third-order valence-corrected chi connectivity index (χ3v) is 13.4. The van der Waals surface area contributed by atoms with Gasteiger partial charge in [-0.2, -0.15) is 0 Å². The Morgan fingerprint density at radius 3 is 2.45 bits per heavy atom. The van der Waals surface area contributed by atoms with E-state index in [2.05, 4.69) is 51.8 Å². The third-order valence-electron chi connectivity index (χ3n) is 13.4. The summed E-state index contributed by atoms with van der Waals surface area (Å²) >= 11 is 0. The maximum Gasteiger partial charge on any atom is 0.407 e. The molecule has 16 nitrogen and oxygen atoms in total. The third kappa shape index (κ3) is 8.34. The van der Waals surface area contributed by atoms with E-state index in [-0.39, 0.29) is 35.6 Å². The largest absolute Gasteiger partial charge is 0.488 e. The van der Waals surface area contributed by atoms with Crippen molar-refractivity contribution in [2.45, 2.75) is 70.8 Å². The number of H-pyrrole nitrogens is 2. The molecule has 4 amide bonds. The molecule has 3 aliphatic rings. The monoisotopic (exact) mass is 882 g/mol. The number of nitrogens with one attached hydrogen (secondary N) is 4. The zero-order chi connectivity index (χ0) is 45.5. The average Bonchev–Trinajstić information content (AvgIpc) is 4.15. The normalized spacial score (nSPS) is 20.4. The van der Waals surface area contributed by atoms with Gasteiger partial charge < -0.3 is 49.7 Å². The summed E-state index contributed by atoms with van der Waals surface area (Å²) in [6.45, 7) is 7.82. The van der Waals surface area contributed by atoms with E-state index in [9.17, 15) is 24.3 Å². The Hall–Kier alpha value is -6.94. The van der Waals surface area contributed by atoms with E-state index in [4.69, 9.17) is 24.2 Å². The minimum atomic E-state index is -1.28. The quantitative estimate of drug-likeness (QED) is 0.0804. The Morgan fingerprint density at radius 1 is 0.908 bits per heavy atom. The first-order valence-corrected chi connectivity index (χ1v) is 22.2. The average molecular weight is 883 g/mol. The second-order valence-electron chi connectivity index (χ2n) is 17.7. The molecule has 0 saturated carbocycles. The molecular weight excluding hydrogens is 829 g/mol. The number of hydrogen-bond acceptors (Lipinski definition) is 9. The molecule has 2 aromatic heterocycles. The number of hydrogen-bond donors (Lipinski definition) is 5. The van der Waals surface area contributed by atoms with E-state index in [1.165, 1.54) is 7.11 Å². The van der Waals surface area contributed by atoms with Crippen molar-refractivity contribution in [3.05, 3.63) is 102 Å². The Labute approximate surface area is 376 Å². The van der Waals surface area contributed by atoms with Crippen LogP contribution in [0.2, 0.25) is 0 Å². The molecule has 7 atom stereocenters. The van der Waals surface area contributed by atoms with E-state index < -0.39 is 30.3 Å². The molecule has 9 rings (SSSR count). The summed E-state index contributed by atoms with van der Waals surface area (Å²) in [6.07, 6.45) is 1.95. The molecule has 0 unspecified atom stereocenters. The number of fused-ring (bicyclic) bond motifs is 6. The second kappa shape index (κ2) is 17.9. The molecule has 0 bridgehead atoms. The number of amides is 4. The Bertz CT molecular complexity index is 2770. The summed E-state index contributed by atoms with van der Waals surface area (Å²) in [5, 5.41) is 16.8. The molecule has 16 heteroatoms. The lowest BCUT2D eigenvalue weighted by atomic mass is 9.92. The molecule has 0 aliphatic carbocycles. The molecule has 3 aliphatic heterocycles. The highest BCUT2D eigenvalue weighted by atomic mass is 16.5. The predicted molar refractivity (Wildman–Crippen MR) is 243 cm³/mol. The number of nitrogens with zero attached hydrogens (tertiary/aromatic N) is 4. The van der Waals surface area contributed by atoms with Crippen LogP contribution in [0.5, 0.6) is 5.75 Å². The molecule has 0 spiro atoms. The topological polar surface area (TPSA) is 204 Å². The van der Waals surface area contributed by atoms with Crippen molar-refractivity contribution in [2.75, 3.05) is 33.9 Å². The number of alkyl carbamates (subject to hydrolysis) is 1. The van der Waals surface area contributed by atoms with Gasteiger partial charge in [-0.3, -0.25) is 9.59 Å². The molecule has 0 radical (unpaired) electrons. The summed E-state index contributed by atoms with van der Waals surface area (Å²) < 4.78 is 16.8. The van der Waals surface area contributed by atoms with Crippen molar-refractivity contribution in [1.82, 2.24) is 40.4 Å². The Morgan fingerprint density at radius 2 is 1.69 bits per heavy atom. The number of carbonyl (C=O) groups excluding carboxylic acids is 3. The van der Waals surface area contributed by atoms with Gasteiger partial charge in [-0.1, -0.05) is 75.7 Å². The van der Waals surface area contributed by atoms with E-state index in [1.807, 2.05) is 49.2 Å². The molecule has 2 fully saturated rings. The van der Waals surface area contributed by atoms with Crippen LogP contribution in [-0.4, -0.2) is 98.8 Å². The number of aromatic amines is 2. The Kier molecular flexibility index (Phi) is 11.9. The van der Waals surface area contributed by atoms with Crippen molar-refractivity contribution in [1.29, 1.82) is 0 Å². The highest BCUT2D eigenvalue weighted by Crippen LogP contribution is 2.44. The van der Waals surface area contributed by atoms with Crippen LogP contribution in [0.3, 0.4) is 0 Å².